The topological polar surface area (TPSA) is 67.8 Å². The number of benzene rings is 2. The van der Waals surface area contributed by atoms with Crippen molar-refractivity contribution in [1.82, 2.24) is 5.32 Å². The average molecular weight is 440 g/mol. The normalized spacial score (nSPS) is 17.4. The number of nitrogens with one attached hydrogen (secondary N) is 1. The van der Waals surface area contributed by atoms with E-state index in [1.807, 2.05) is 30.3 Å². The molecule has 1 aliphatic rings. The maximum Gasteiger partial charge on any atom is 0.344 e. The molecule has 1 aliphatic carbocycles. The maximum atomic E-state index is 11.5. The van der Waals surface area contributed by atoms with Crippen LogP contribution < -0.4 is 10.1 Å². The van der Waals surface area contributed by atoms with Crippen molar-refractivity contribution < 1.29 is 19.4 Å². The van der Waals surface area contributed by atoms with Gasteiger partial charge in [-0.1, -0.05) is 29.8 Å². The van der Waals surface area contributed by atoms with E-state index in [0.717, 1.165) is 30.4 Å². The van der Waals surface area contributed by atoms with E-state index in [4.69, 9.17) is 21.1 Å². The SMILES string of the molecule is CCOC(=O)COc1ccc2c(c1)C[C@@H](N[C@](C)(O)c1cccc(Cl)c1)CC2.Cl. The second kappa shape index (κ2) is 10.3. The molecule has 0 saturated carbocycles. The van der Waals surface area contributed by atoms with Crippen LogP contribution >= 0.6 is 24.0 Å². The van der Waals surface area contributed by atoms with Crippen molar-refractivity contribution in [3.8, 4) is 5.75 Å². The van der Waals surface area contributed by atoms with Gasteiger partial charge in [0.1, 0.15) is 11.5 Å². The predicted molar refractivity (Wildman–Crippen MR) is 116 cm³/mol. The second-order valence-corrected chi connectivity index (χ2v) is 7.63. The molecule has 0 unspecified atom stereocenters. The van der Waals surface area contributed by atoms with E-state index in [0.29, 0.717) is 17.4 Å². The van der Waals surface area contributed by atoms with Crippen LogP contribution in [0.15, 0.2) is 42.5 Å². The van der Waals surface area contributed by atoms with E-state index in [-0.39, 0.29) is 31.0 Å². The van der Waals surface area contributed by atoms with Gasteiger partial charge in [0.2, 0.25) is 0 Å². The summed E-state index contributed by atoms with van der Waals surface area (Å²) in [6.07, 6.45) is 2.60. The van der Waals surface area contributed by atoms with Crippen LogP contribution in [0.25, 0.3) is 0 Å². The van der Waals surface area contributed by atoms with Crippen molar-refractivity contribution in [2.75, 3.05) is 13.2 Å². The Labute approximate surface area is 182 Å². The van der Waals surface area contributed by atoms with Gasteiger partial charge in [-0.25, -0.2) is 4.79 Å². The number of rotatable bonds is 7. The molecule has 0 fully saturated rings. The molecule has 0 saturated heterocycles. The lowest BCUT2D eigenvalue weighted by atomic mass is 9.87. The van der Waals surface area contributed by atoms with Gasteiger partial charge in [0.15, 0.2) is 6.61 Å². The van der Waals surface area contributed by atoms with Crippen LogP contribution in [0.1, 0.15) is 37.0 Å². The number of esters is 1. The monoisotopic (exact) mass is 439 g/mol. The molecule has 0 amide bonds. The summed E-state index contributed by atoms with van der Waals surface area (Å²) in [6.45, 7) is 3.75. The van der Waals surface area contributed by atoms with Gasteiger partial charge in [-0.2, -0.15) is 0 Å². The highest BCUT2D eigenvalue weighted by Gasteiger charge is 2.29. The summed E-state index contributed by atoms with van der Waals surface area (Å²) in [7, 11) is 0. The fraction of sp³-hybridized carbons (Fsp3) is 0.409. The van der Waals surface area contributed by atoms with E-state index in [9.17, 15) is 9.90 Å². The first-order chi connectivity index (χ1) is 13.4. The van der Waals surface area contributed by atoms with Crippen LogP contribution in [-0.4, -0.2) is 30.3 Å². The van der Waals surface area contributed by atoms with Gasteiger partial charge in [0.25, 0.3) is 0 Å². The second-order valence-electron chi connectivity index (χ2n) is 7.19. The van der Waals surface area contributed by atoms with Gasteiger partial charge in [0, 0.05) is 11.1 Å². The summed E-state index contributed by atoms with van der Waals surface area (Å²) in [6, 6.07) is 13.3. The van der Waals surface area contributed by atoms with E-state index in [1.165, 1.54) is 5.56 Å². The molecule has 2 aromatic rings. The molecule has 3 rings (SSSR count). The van der Waals surface area contributed by atoms with Crippen molar-refractivity contribution in [3.63, 3.8) is 0 Å². The Hall–Kier alpha value is -1.79. The first-order valence-electron chi connectivity index (χ1n) is 9.53. The van der Waals surface area contributed by atoms with Gasteiger partial charge in [-0.05, 0) is 74.1 Å². The maximum absolute atomic E-state index is 11.5. The minimum Gasteiger partial charge on any atom is -0.482 e. The summed E-state index contributed by atoms with van der Waals surface area (Å²) >= 11 is 6.06. The minimum atomic E-state index is -1.18. The molecule has 2 atom stereocenters. The largest absolute Gasteiger partial charge is 0.482 e. The molecule has 2 aromatic carbocycles. The van der Waals surface area contributed by atoms with Crippen molar-refractivity contribution >= 4 is 30.0 Å². The van der Waals surface area contributed by atoms with E-state index < -0.39 is 5.72 Å². The molecule has 0 bridgehead atoms. The van der Waals surface area contributed by atoms with Gasteiger partial charge in [-0.3, -0.25) is 5.32 Å². The zero-order valence-electron chi connectivity index (χ0n) is 16.6. The Morgan fingerprint density at radius 1 is 1.28 bits per heavy atom. The van der Waals surface area contributed by atoms with Crippen molar-refractivity contribution in [2.24, 2.45) is 0 Å². The highest BCUT2D eigenvalue weighted by Crippen LogP contribution is 2.28. The van der Waals surface area contributed by atoms with Crippen LogP contribution in [0, 0.1) is 0 Å². The number of ether oxygens (including phenoxy) is 2. The third-order valence-electron chi connectivity index (χ3n) is 4.94. The lowest BCUT2D eigenvalue weighted by Crippen LogP contribution is -2.48. The minimum absolute atomic E-state index is 0. The predicted octanol–water partition coefficient (Wildman–Crippen LogP) is 4.02. The fourth-order valence-electron chi connectivity index (χ4n) is 3.56. The third-order valence-corrected chi connectivity index (χ3v) is 5.18. The molecule has 0 aromatic heterocycles. The standard InChI is InChI=1S/C22H26ClNO4.ClH/c1-3-27-21(25)14-28-20-10-8-15-7-9-19(11-16(15)12-20)24-22(2,26)17-5-4-6-18(23)13-17;/h4-6,8,10,12-13,19,24,26H,3,7,9,11,14H2,1-2H3;1H/t19-,22+;/m0./s1. The number of halogens is 2. The Morgan fingerprint density at radius 2 is 2.07 bits per heavy atom. The van der Waals surface area contributed by atoms with Gasteiger partial charge in [-0.15, -0.1) is 12.4 Å². The zero-order valence-corrected chi connectivity index (χ0v) is 18.2. The molecule has 2 N–H and O–H groups in total. The number of carbonyl (C=O) groups excluding carboxylic acids is 1. The lowest BCUT2D eigenvalue weighted by molar-refractivity contribution is -0.145. The highest BCUT2D eigenvalue weighted by atomic mass is 35.5. The summed E-state index contributed by atoms with van der Waals surface area (Å²) in [5.74, 6) is 0.270. The van der Waals surface area contributed by atoms with E-state index >= 15 is 0 Å². The number of aryl methyl sites for hydroxylation is 1. The third kappa shape index (κ3) is 6.34. The van der Waals surface area contributed by atoms with Gasteiger partial charge in [0.05, 0.1) is 6.61 Å². The Bertz CT molecular complexity index is 841. The van der Waals surface area contributed by atoms with Crippen LogP contribution in [0.4, 0.5) is 0 Å². The van der Waals surface area contributed by atoms with Crippen LogP contribution in [0.5, 0.6) is 5.75 Å². The number of carbonyl (C=O) groups is 1. The highest BCUT2D eigenvalue weighted by molar-refractivity contribution is 6.30. The molecule has 29 heavy (non-hydrogen) atoms. The molecule has 5 nitrogen and oxygen atoms in total. The Morgan fingerprint density at radius 3 is 2.79 bits per heavy atom. The molecule has 7 heteroatoms. The Balaban J connectivity index is 0.00000300. The number of aliphatic hydroxyl groups is 1. The van der Waals surface area contributed by atoms with E-state index in [1.54, 1.807) is 26.0 Å². The van der Waals surface area contributed by atoms with Crippen molar-refractivity contribution in [3.05, 3.63) is 64.2 Å². The number of hydrogen-bond donors (Lipinski definition) is 2. The fourth-order valence-corrected chi connectivity index (χ4v) is 3.75. The average Bonchev–Trinajstić information content (AvgIpc) is 2.66. The molecular formula is C22H27Cl2NO4. The molecule has 0 spiro atoms. The van der Waals surface area contributed by atoms with Crippen LogP contribution in [-0.2, 0) is 28.1 Å². The summed E-state index contributed by atoms with van der Waals surface area (Å²) in [5, 5.41) is 14.9. The molecule has 0 radical (unpaired) electrons. The smallest absolute Gasteiger partial charge is 0.344 e. The summed E-state index contributed by atoms with van der Waals surface area (Å²) in [5.41, 5.74) is 1.98. The van der Waals surface area contributed by atoms with Crippen LogP contribution in [0.2, 0.25) is 5.02 Å². The molecular weight excluding hydrogens is 413 g/mol. The zero-order chi connectivity index (χ0) is 20.1. The first-order valence-corrected chi connectivity index (χ1v) is 9.91. The Kier molecular flexibility index (Phi) is 8.34. The first kappa shape index (κ1) is 23.5. The van der Waals surface area contributed by atoms with Crippen LogP contribution in [0.3, 0.4) is 0 Å². The summed E-state index contributed by atoms with van der Waals surface area (Å²) < 4.78 is 10.4. The van der Waals surface area contributed by atoms with Gasteiger partial charge < -0.3 is 14.6 Å². The number of hydrogen-bond acceptors (Lipinski definition) is 5. The van der Waals surface area contributed by atoms with E-state index in [2.05, 4.69) is 5.32 Å². The molecule has 158 valence electrons. The number of fused-ring (bicyclic) bond motifs is 1. The lowest BCUT2D eigenvalue weighted by Gasteiger charge is -2.34. The van der Waals surface area contributed by atoms with Crippen molar-refractivity contribution in [2.45, 2.75) is 44.9 Å². The van der Waals surface area contributed by atoms with Crippen molar-refractivity contribution in [1.29, 1.82) is 0 Å². The quantitative estimate of drug-likeness (QED) is 0.503. The summed E-state index contributed by atoms with van der Waals surface area (Å²) in [4.78, 5) is 11.5. The molecule has 0 heterocycles. The molecule has 0 aliphatic heterocycles. The van der Waals surface area contributed by atoms with Gasteiger partial charge >= 0.3 is 5.97 Å².